The van der Waals surface area contributed by atoms with E-state index in [1.165, 1.54) is 27.5 Å². The predicted molar refractivity (Wildman–Crippen MR) is 128 cm³/mol. The lowest BCUT2D eigenvalue weighted by Gasteiger charge is -2.25. The zero-order valence-electron chi connectivity index (χ0n) is 16.9. The molecule has 0 saturated heterocycles. The van der Waals surface area contributed by atoms with E-state index in [-0.39, 0.29) is 0 Å². The Balaban J connectivity index is 1.54. The van der Waals surface area contributed by atoms with Crippen LogP contribution < -0.4 is 0 Å². The van der Waals surface area contributed by atoms with Gasteiger partial charge in [-0.2, -0.15) is 0 Å². The van der Waals surface area contributed by atoms with Gasteiger partial charge in [0.1, 0.15) is 11.2 Å². The molecule has 0 saturated carbocycles. The van der Waals surface area contributed by atoms with Gasteiger partial charge in [0.2, 0.25) is 0 Å². The number of aromatic nitrogens is 1. The minimum atomic E-state index is 0.433. The third kappa shape index (κ3) is 2.36. The summed E-state index contributed by atoms with van der Waals surface area (Å²) in [6, 6.07) is 21.3. The van der Waals surface area contributed by atoms with E-state index in [2.05, 4.69) is 91.0 Å². The van der Waals surface area contributed by atoms with Crippen molar-refractivity contribution in [2.75, 3.05) is 0 Å². The third-order valence-corrected chi connectivity index (χ3v) is 6.68. The van der Waals surface area contributed by atoms with Crippen LogP contribution in [0.3, 0.4) is 0 Å². The smallest absolute Gasteiger partial charge is 0.144 e. The second kappa shape index (κ2) is 6.29. The van der Waals surface area contributed by atoms with Crippen LogP contribution in [-0.4, -0.2) is 4.98 Å². The molecule has 7 rings (SSSR count). The van der Waals surface area contributed by atoms with Crippen LogP contribution in [0.2, 0.25) is 0 Å². The van der Waals surface area contributed by atoms with Crippen molar-refractivity contribution in [2.45, 2.75) is 12.3 Å². The summed E-state index contributed by atoms with van der Waals surface area (Å²) in [6.07, 6.45) is 14.1. The molecule has 0 fully saturated rings. The van der Waals surface area contributed by atoms with Crippen LogP contribution in [0.25, 0.3) is 50.0 Å². The molecule has 2 aromatic heterocycles. The normalized spacial score (nSPS) is 17.2. The average Bonchev–Trinajstić information content (AvgIpc) is 3.23. The van der Waals surface area contributed by atoms with Gasteiger partial charge in [-0.1, -0.05) is 72.8 Å². The first kappa shape index (κ1) is 16.8. The van der Waals surface area contributed by atoms with Crippen molar-refractivity contribution >= 4 is 38.8 Å². The summed E-state index contributed by atoms with van der Waals surface area (Å²) in [5.74, 6) is 0.433. The number of rotatable bonds is 1. The molecule has 0 aliphatic heterocycles. The molecule has 1 atom stereocenters. The van der Waals surface area contributed by atoms with Crippen molar-refractivity contribution in [3.63, 3.8) is 0 Å². The summed E-state index contributed by atoms with van der Waals surface area (Å²) >= 11 is 0. The van der Waals surface area contributed by atoms with Gasteiger partial charge in [-0.05, 0) is 46.7 Å². The van der Waals surface area contributed by atoms with E-state index in [0.717, 1.165) is 39.6 Å². The van der Waals surface area contributed by atoms with Gasteiger partial charge in [0, 0.05) is 33.8 Å². The number of para-hydroxylation sites is 1. The van der Waals surface area contributed by atoms with E-state index in [1.807, 2.05) is 6.20 Å². The first-order valence-corrected chi connectivity index (χ1v) is 10.8. The fourth-order valence-electron chi connectivity index (χ4n) is 5.24. The second-order valence-electron chi connectivity index (χ2n) is 8.32. The van der Waals surface area contributed by atoms with Gasteiger partial charge >= 0.3 is 0 Å². The largest absolute Gasteiger partial charge is 0.455 e. The fraction of sp³-hybridized carbons (Fsp3) is 0.0690. The maximum Gasteiger partial charge on any atom is 0.144 e. The number of pyridine rings is 1. The van der Waals surface area contributed by atoms with E-state index in [0.29, 0.717) is 5.92 Å². The molecule has 0 radical (unpaired) electrons. The molecule has 2 aliphatic rings. The molecular weight excluding hydrogens is 378 g/mol. The van der Waals surface area contributed by atoms with Crippen molar-refractivity contribution in [1.29, 1.82) is 0 Å². The maximum absolute atomic E-state index is 6.49. The molecule has 146 valence electrons. The SMILES string of the molecule is C1=CCC2C(=C1)C=Cc1c2ccc2oc3c(-c4nccc5ccccc45)cccc3c12. The van der Waals surface area contributed by atoms with Crippen molar-refractivity contribution in [1.82, 2.24) is 4.98 Å². The maximum atomic E-state index is 6.49. The molecule has 5 aromatic rings. The number of furan rings is 1. The second-order valence-corrected chi connectivity index (χ2v) is 8.32. The van der Waals surface area contributed by atoms with Crippen molar-refractivity contribution in [3.05, 3.63) is 108 Å². The Morgan fingerprint density at radius 2 is 1.81 bits per heavy atom. The Morgan fingerprint density at radius 1 is 0.871 bits per heavy atom. The number of nitrogens with zero attached hydrogens (tertiary/aromatic N) is 1. The number of allylic oxidation sites excluding steroid dienone is 5. The first-order valence-electron chi connectivity index (χ1n) is 10.8. The summed E-state index contributed by atoms with van der Waals surface area (Å²) in [7, 11) is 0. The summed E-state index contributed by atoms with van der Waals surface area (Å²) < 4.78 is 6.49. The van der Waals surface area contributed by atoms with Gasteiger partial charge in [-0.15, -0.1) is 0 Å². The molecule has 2 nitrogen and oxygen atoms in total. The first-order chi connectivity index (χ1) is 15.4. The third-order valence-electron chi connectivity index (χ3n) is 6.68. The minimum Gasteiger partial charge on any atom is -0.455 e. The van der Waals surface area contributed by atoms with E-state index >= 15 is 0 Å². The van der Waals surface area contributed by atoms with E-state index in [9.17, 15) is 0 Å². The predicted octanol–water partition coefficient (Wildman–Crippen LogP) is 7.80. The highest BCUT2D eigenvalue weighted by molar-refractivity contribution is 6.14. The monoisotopic (exact) mass is 397 g/mol. The highest BCUT2D eigenvalue weighted by Gasteiger charge is 2.25. The fourth-order valence-corrected chi connectivity index (χ4v) is 5.24. The Bertz CT molecular complexity index is 1610. The van der Waals surface area contributed by atoms with Gasteiger partial charge < -0.3 is 4.42 Å². The van der Waals surface area contributed by atoms with Crippen molar-refractivity contribution in [2.24, 2.45) is 0 Å². The molecule has 0 spiro atoms. The Hall–Kier alpha value is -3.91. The van der Waals surface area contributed by atoms with E-state index in [1.54, 1.807) is 0 Å². The van der Waals surface area contributed by atoms with Gasteiger partial charge in [-0.25, -0.2) is 0 Å². The lowest BCUT2D eigenvalue weighted by atomic mass is 9.78. The van der Waals surface area contributed by atoms with Gasteiger partial charge in [0.25, 0.3) is 0 Å². The molecule has 2 heterocycles. The van der Waals surface area contributed by atoms with Crippen molar-refractivity contribution in [3.8, 4) is 11.3 Å². The summed E-state index contributed by atoms with van der Waals surface area (Å²) in [4.78, 5) is 4.75. The van der Waals surface area contributed by atoms with E-state index < -0.39 is 0 Å². The number of hydrogen-bond donors (Lipinski definition) is 0. The zero-order valence-corrected chi connectivity index (χ0v) is 16.9. The van der Waals surface area contributed by atoms with Crippen LogP contribution in [0.5, 0.6) is 0 Å². The van der Waals surface area contributed by atoms with Crippen LogP contribution >= 0.6 is 0 Å². The molecular formula is C29H19NO. The van der Waals surface area contributed by atoms with Crippen molar-refractivity contribution < 1.29 is 4.42 Å². The van der Waals surface area contributed by atoms with Gasteiger partial charge in [0.05, 0.1) is 5.69 Å². The average molecular weight is 397 g/mol. The summed E-state index contributed by atoms with van der Waals surface area (Å²) in [5.41, 5.74) is 7.93. The molecule has 0 N–H and O–H groups in total. The highest BCUT2D eigenvalue weighted by Crippen LogP contribution is 2.45. The molecule has 0 bridgehead atoms. The molecule has 2 aliphatic carbocycles. The van der Waals surface area contributed by atoms with Crippen LogP contribution in [0, 0.1) is 0 Å². The lowest BCUT2D eigenvalue weighted by Crippen LogP contribution is -2.08. The summed E-state index contributed by atoms with van der Waals surface area (Å²) in [6.45, 7) is 0. The zero-order chi connectivity index (χ0) is 20.4. The Labute approximate surface area is 179 Å². The minimum absolute atomic E-state index is 0.433. The van der Waals surface area contributed by atoms with Gasteiger partial charge in [-0.3, -0.25) is 4.98 Å². The van der Waals surface area contributed by atoms with Crippen LogP contribution in [0.15, 0.2) is 101 Å². The Morgan fingerprint density at radius 3 is 2.81 bits per heavy atom. The Kier molecular flexibility index (Phi) is 3.42. The number of fused-ring (bicyclic) bond motifs is 8. The van der Waals surface area contributed by atoms with Crippen LogP contribution in [-0.2, 0) is 0 Å². The molecule has 31 heavy (non-hydrogen) atoms. The van der Waals surface area contributed by atoms with Gasteiger partial charge in [0.15, 0.2) is 0 Å². The molecule has 0 amide bonds. The number of benzene rings is 3. The highest BCUT2D eigenvalue weighted by atomic mass is 16.3. The standard InChI is InChI=1S/C29H19NO/c1-3-8-20-18(6-1)12-13-23-22(20)14-15-26-27(23)24-10-5-11-25(29(24)31-26)28-21-9-4-2-7-19(21)16-17-30-28/h1-7,9-17,20H,8H2. The van der Waals surface area contributed by atoms with E-state index in [4.69, 9.17) is 9.40 Å². The lowest BCUT2D eigenvalue weighted by molar-refractivity contribution is 0.669. The molecule has 1 unspecified atom stereocenters. The molecule has 2 heteroatoms. The van der Waals surface area contributed by atoms with Crippen LogP contribution in [0.4, 0.5) is 0 Å². The summed E-state index contributed by atoms with van der Waals surface area (Å²) in [5, 5.41) is 4.69. The van der Waals surface area contributed by atoms with Crippen LogP contribution in [0.1, 0.15) is 23.5 Å². The molecule has 3 aromatic carbocycles. The topological polar surface area (TPSA) is 26.0 Å². The quantitative estimate of drug-likeness (QED) is 0.288. The number of hydrogen-bond acceptors (Lipinski definition) is 2.